The molecule has 2 amide bonds. The van der Waals surface area contributed by atoms with Crippen LogP contribution in [0.25, 0.3) is 0 Å². The van der Waals surface area contributed by atoms with Crippen LogP contribution in [-0.2, 0) is 21.2 Å². The first kappa shape index (κ1) is 21.4. The van der Waals surface area contributed by atoms with E-state index in [1.165, 1.54) is 26.1 Å². The summed E-state index contributed by atoms with van der Waals surface area (Å²) in [4.78, 5) is 30.3. The molecule has 1 aromatic rings. The highest BCUT2D eigenvalue weighted by Crippen LogP contribution is 2.52. The molecule has 1 saturated heterocycles. The Morgan fingerprint density at radius 3 is 2.24 bits per heavy atom. The summed E-state index contributed by atoms with van der Waals surface area (Å²) in [6.45, 7) is 9.19. The molecule has 2 aliphatic rings. The molecule has 0 spiro atoms. The van der Waals surface area contributed by atoms with Crippen LogP contribution in [-0.4, -0.2) is 40.6 Å². The average molecular weight is 413 g/mol. The van der Waals surface area contributed by atoms with Gasteiger partial charge in [-0.05, 0) is 58.6 Å². The molecule has 1 aromatic heterocycles. The molecule has 0 bridgehead atoms. The minimum atomic E-state index is -4.56. The van der Waals surface area contributed by atoms with E-state index in [4.69, 9.17) is 4.74 Å². The van der Waals surface area contributed by atoms with Gasteiger partial charge >= 0.3 is 12.3 Å². The standard InChI is InChI=1S/C20H26F3N3O3/c1-18(2,3)29-17(28)26-9-11-12(10-26)14(11)16(27)25-19(4,5)15-13(20(21,22)23)7-6-8-24-15/h6-8,11-12,14H,9-10H2,1-5H3,(H,25,27). The van der Waals surface area contributed by atoms with Crippen LogP contribution in [0.1, 0.15) is 45.9 Å². The molecular weight excluding hydrogens is 387 g/mol. The first-order chi connectivity index (χ1) is 13.2. The fourth-order valence-electron chi connectivity index (χ4n) is 3.97. The first-order valence-electron chi connectivity index (χ1n) is 9.53. The average Bonchev–Trinajstić information content (AvgIpc) is 3.07. The summed E-state index contributed by atoms with van der Waals surface area (Å²) in [6, 6.07) is 2.18. The predicted octanol–water partition coefficient (Wildman–Crippen LogP) is 3.56. The lowest BCUT2D eigenvalue weighted by Crippen LogP contribution is -2.45. The monoisotopic (exact) mass is 413 g/mol. The summed E-state index contributed by atoms with van der Waals surface area (Å²) in [5, 5.41) is 2.72. The lowest BCUT2D eigenvalue weighted by molar-refractivity contribution is -0.139. The Morgan fingerprint density at radius 1 is 1.14 bits per heavy atom. The molecule has 2 fully saturated rings. The molecule has 1 aliphatic heterocycles. The normalized spacial score (nSPS) is 24.1. The number of carbonyl (C=O) groups is 2. The molecule has 2 atom stereocenters. The number of amides is 2. The third-order valence-electron chi connectivity index (χ3n) is 5.29. The number of halogens is 3. The highest BCUT2D eigenvalue weighted by molar-refractivity contribution is 5.84. The predicted molar refractivity (Wildman–Crippen MR) is 98.7 cm³/mol. The van der Waals surface area contributed by atoms with Gasteiger partial charge in [-0.3, -0.25) is 9.78 Å². The number of nitrogens with zero attached hydrogens (tertiary/aromatic N) is 2. The van der Waals surface area contributed by atoms with E-state index in [0.29, 0.717) is 13.1 Å². The highest BCUT2D eigenvalue weighted by Gasteiger charge is 2.61. The van der Waals surface area contributed by atoms with Gasteiger partial charge in [0.25, 0.3) is 0 Å². The smallest absolute Gasteiger partial charge is 0.418 e. The number of rotatable bonds is 3. The minimum absolute atomic E-state index is 0.00383. The molecule has 2 heterocycles. The fourth-order valence-corrected chi connectivity index (χ4v) is 3.97. The van der Waals surface area contributed by atoms with Crippen molar-refractivity contribution in [3.8, 4) is 0 Å². The number of ether oxygens (including phenoxy) is 1. The van der Waals surface area contributed by atoms with Crippen molar-refractivity contribution in [2.75, 3.05) is 13.1 Å². The van der Waals surface area contributed by atoms with Gasteiger partial charge < -0.3 is 15.0 Å². The highest BCUT2D eigenvalue weighted by atomic mass is 19.4. The Morgan fingerprint density at radius 2 is 1.72 bits per heavy atom. The Labute approximate surface area is 167 Å². The van der Waals surface area contributed by atoms with E-state index in [9.17, 15) is 22.8 Å². The van der Waals surface area contributed by atoms with Crippen molar-refractivity contribution in [3.63, 3.8) is 0 Å². The Hall–Kier alpha value is -2.32. The maximum absolute atomic E-state index is 13.3. The van der Waals surface area contributed by atoms with Crippen molar-refractivity contribution < 1.29 is 27.5 Å². The minimum Gasteiger partial charge on any atom is -0.444 e. The number of aromatic nitrogens is 1. The fraction of sp³-hybridized carbons (Fsp3) is 0.650. The number of alkyl halides is 3. The van der Waals surface area contributed by atoms with E-state index in [0.717, 1.165) is 6.07 Å². The van der Waals surface area contributed by atoms with Gasteiger partial charge in [0.05, 0.1) is 16.8 Å². The zero-order valence-electron chi connectivity index (χ0n) is 17.1. The maximum atomic E-state index is 13.3. The molecule has 0 aromatic carbocycles. The summed E-state index contributed by atoms with van der Waals surface area (Å²) in [6.07, 6.45) is -3.69. The van der Waals surface area contributed by atoms with E-state index < -0.39 is 29.0 Å². The Balaban J connectivity index is 1.63. The van der Waals surface area contributed by atoms with Crippen LogP contribution in [0, 0.1) is 17.8 Å². The number of carbonyl (C=O) groups excluding carboxylic acids is 2. The van der Waals surface area contributed by atoms with Gasteiger partial charge in [0.1, 0.15) is 5.60 Å². The number of fused-ring (bicyclic) bond motifs is 1. The van der Waals surface area contributed by atoms with Crippen LogP contribution in [0.15, 0.2) is 18.3 Å². The van der Waals surface area contributed by atoms with Crippen molar-refractivity contribution in [3.05, 3.63) is 29.6 Å². The number of likely N-dealkylation sites (tertiary alicyclic amines) is 1. The van der Waals surface area contributed by atoms with Crippen LogP contribution >= 0.6 is 0 Å². The zero-order valence-corrected chi connectivity index (χ0v) is 17.1. The molecule has 29 heavy (non-hydrogen) atoms. The number of piperidine rings is 1. The van der Waals surface area contributed by atoms with Gasteiger partial charge in [0.15, 0.2) is 0 Å². The first-order valence-corrected chi connectivity index (χ1v) is 9.53. The SMILES string of the molecule is CC(C)(C)OC(=O)N1CC2C(C1)C2C(=O)NC(C)(C)c1ncccc1C(F)(F)F. The largest absolute Gasteiger partial charge is 0.444 e. The molecule has 3 rings (SSSR count). The van der Waals surface area contributed by atoms with Crippen LogP contribution in [0.4, 0.5) is 18.0 Å². The van der Waals surface area contributed by atoms with Gasteiger partial charge in [-0.25, -0.2) is 4.79 Å². The number of pyridine rings is 1. The number of hydrogen-bond acceptors (Lipinski definition) is 4. The van der Waals surface area contributed by atoms with E-state index in [1.807, 2.05) is 0 Å². The van der Waals surface area contributed by atoms with E-state index in [-0.39, 0.29) is 29.4 Å². The third-order valence-corrected chi connectivity index (χ3v) is 5.29. The number of hydrogen-bond donors (Lipinski definition) is 1. The maximum Gasteiger partial charge on any atom is 0.418 e. The van der Waals surface area contributed by atoms with Crippen LogP contribution in [0.3, 0.4) is 0 Å². The Kier molecular flexibility index (Phi) is 5.07. The zero-order chi connectivity index (χ0) is 21.8. The van der Waals surface area contributed by atoms with Gasteiger partial charge in [0.2, 0.25) is 5.91 Å². The molecule has 9 heteroatoms. The van der Waals surface area contributed by atoms with Gasteiger partial charge in [0, 0.05) is 25.2 Å². The second-order valence-electron chi connectivity index (χ2n) is 9.25. The lowest BCUT2D eigenvalue weighted by Gasteiger charge is -2.29. The number of nitrogens with one attached hydrogen (secondary N) is 1. The van der Waals surface area contributed by atoms with Gasteiger partial charge in [-0.1, -0.05) is 0 Å². The quantitative estimate of drug-likeness (QED) is 0.823. The Bertz CT molecular complexity index is 805. The second-order valence-corrected chi connectivity index (χ2v) is 9.25. The van der Waals surface area contributed by atoms with Gasteiger partial charge in [-0.15, -0.1) is 0 Å². The molecule has 6 nitrogen and oxygen atoms in total. The van der Waals surface area contributed by atoms with E-state index >= 15 is 0 Å². The van der Waals surface area contributed by atoms with Crippen molar-refractivity contribution in [2.24, 2.45) is 17.8 Å². The summed E-state index contributed by atoms with van der Waals surface area (Å²) in [5.41, 5.74) is -2.96. The van der Waals surface area contributed by atoms with Crippen LogP contribution < -0.4 is 5.32 Å². The summed E-state index contributed by atoms with van der Waals surface area (Å²) in [7, 11) is 0. The van der Waals surface area contributed by atoms with Crippen molar-refractivity contribution in [1.29, 1.82) is 0 Å². The summed E-state index contributed by atoms with van der Waals surface area (Å²) < 4.78 is 45.3. The van der Waals surface area contributed by atoms with Crippen molar-refractivity contribution in [1.82, 2.24) is 15.2 Å². The third kappa shape index (κ3) is 4.48. The van der Waals surface area contributed by atoms with Gasteiger partial charge in [-0.2, -0.15) is 13.2 Å². The van der Waals surface area contributed by atoms with Crippen LogP contribution in [0.5, 0.6) is 0 Å². The molecule has 2 unspecified atom stereocenters. The topological polar surface area (TPSA) is 71.5 Å². The lowest BCUT2D eigenvalue weighted by atomic mass is 9.94. The summed E-state index contributed by atoms with van der Waals surface area (Å²) >= 11 is 0. The van der Waals surface area contributed by atoms with E-state index in [1.54, 1.807) is 25.7 Å². The molecule has 1 aliphatic carbocycles. The molecule has 1 saturated carbocycles. The molecule has 1 N–H and O–H groups in total. The van der Waals surface area contributed by atoms with Crippen molar-refractivity contribution >= 4 is 12.0 Å². The van der Waals surface area contributed by atoms with Crippen LogP contribution in [0.2, 0.25) is 0 Å². The molecular formula is C20H26F3N3O3. The second kappa shape index (κ2) is 6.88. The molecule has 0 radical (unpaired) electrons. The molecule has 160 valence electrons. The summed E-state index contributed by atoms with van der Waals surface area (Å²) in [5.74, 6) is -0.619. The van der Waals surface area contributed by atoms with E-state index in [2.05, 4.69) is 10.3 Å². The van der Waals surface area contributed by atoms with Crippen molar-refractivity contribution in [2.45, 2.75) is 51.9 Å².